The van der Waals surface area contributed by atoms with Crippen molar-refractivity contribution in [2.24, 2.45) is 0 Å². The van der Waals surface area contributed by atoms with Gasteiger partial charge in [0.1, 0.15) is 11.4 Å². The molecule has 1 aromatic carbocycles. The third-order valence-electron chi connectivity index (χ3n) is 2.60. The van der Waals surface area contributed by atoms with Crippen LogP contribution in [0.3, 0.4) is 0 Å². The van der Waals surface area contributed by atoms with Gasteiger partial charge in [0.2, 0.25) is 5.56 Å². The summed E-state index contributed by atoms with van der Waals surface area (Å²) in [6, 6.07) is 11.5. The van der Waals surface area contributed by atoms with Crippen LogP contribution in [0.5, 0.6) is 5.75 Å². The van der Waals surface area contributed by atoms with Crippen LogP contribution in [0.25, 0.3) is 0 Å². The number of hydrogen-bond acceptors (Lipinski definition) is 3. The van der Waals surface area contributed by atoms with Crippen LogP contribution in [-0.2, 0) is 0 Å². The van der Waals surface area contributed by atoms with E-state index in [1.165, 1.54) is 12.1 Å². The van der Waals surface area contributed by atoms with Crippen LogP contribution in [-0.4, -0.2) is 17.5 Å². The molecule has 0 aliphatic rings. The number of ether oxygens (including phenoxy) is 1. The van der Waals surface area contributed by atoms with E-state index < -0.39 is 0 Å². The summed E-state index contributed by atoms with van der Waals surface area (Å²) in [6.07, 6.45) is 0.944. The van der Waals surface area contributed by atoms with Gasteiger partial charge >= 0.3 is 0 Å². The maximum atomic E-state index is 11.9. The fraction of sp³-hybridized carbons (Fsp3) is 0.200. The van der Waals surface area contributed by atoms with Crippen molar-refractivity contribution < 1.29 is 9.53 Å². The fourth-order valence-electron chi connectivity index (χ4n) is 1.63. The molecule has 0 aliphatic carbocycles. The first-order chi connectivity index (χ1) is 9.69. The molecular weight excluding hydrogens is 256 g/mol. The predicted molar refractivity (Wildman–Crippen MR) is 77.2 cm³/mol. The molecule has 2 aromatic rings. The molecule has 5 heteroatoms. The SMILES string of the molecule is CCCOc1ccc(NC(=O)c2cccc(=O)[nH]2)cc1. The Balaban J connectivity index is 2.02. The second kappa shape index (κ2) is 6.56. The number of nitrogens with one attached hydrogen (secondary N) is 2. The summed E-state index contributed by atoms with van der Waals surface area (Å²) in [5, 5.41) is 2.70. The minimum atomic E-state index is -0.357. The molecule has 2 rings (SSSR count). The Morgan fingerprint density at radius 3 is 2.60 bits per heavy atom. The lowest BCUT2D eigenvalue weighted by Gasteiger charge is -2.07. The second-order valence-corrected chi connectivity index (χ2v) is 4.26. The summed E-state index contributed by atoms with van der Waals surface area (Å²) in [6.45, 7) is 2.70. The van der Waals surface area contributed by atoms with E-state index in [2.05, 4.69) is 10.3 Å². The molecule has 2 N–H and O–H groups in total. The Hall–Kier alpha value is -2.56. The lowest BCUT2D eigenvalue weighted by Crippen LogP contribution is -2.17. The molecule has 0 saturated heterocycles. The number of aromatic nitrogens is 1. The highest BCUT2D eigenvalue weighted by molar-refractivity contribution is 6.02. The second-order valence-electron chi connectivity index (χ2n) is 4.26. The van der Waals surface area contributed by atoms with Crippen LogP contribution >= 0.6 is 0 Å². The highest BCUT2D eigenvalue weighted by Gasteiger charge is 2.06. The molecule has 0 saturated carbocycles. The molecule has 0 spiro atoms. The van der Waals surface area contributed by atoms with Gasteiger partial charge in [-0.15, -0.1) is 0 Å². The monoisotopic (exact) mass is 272 g/mol. The topological polar surface area (TPSA) is 71.2 Å². The van der Waals surface area contributed by atoms with E-state index in [0.717, 1.165) is 12.2 Å². The molecule has 1 aromatic heterocycles. The molecule has 0 fully saturated rings. The molecule has 1 heterocycles. The summed E-state index contributed by atoms with van der Waals surface area (Å²) >= 11 is 0. The molecule has 0 unspecified atom stereocenters. The summed E-state index contributed by atoms with van der Waals surface area (Å²) in [5.74, 6) is 0.405. The maximum Gasteiger partial charge on any atom is 0.272 e. The Morgan fingerprint density at radius 1 is 1.20 bits per heavy atom. The van der Waals surface area contributed by atoms with Gasteiger partial charge in [0.15, 0.2) is 0 Å². The number of aromatic amines is 1. The van der Waals surface area contributed by atoms with Crippen molar-refractivity contribution in [2.45, 2.75) is 13.3 Å². The largest absolute Gasteiger partial charge is 0.494 e. The summed E-state index contributed by atoms with van der Waals surface area (Å²) < 4.78 is 5.46. The zero-order valence-corrected chi connectivity index (χ0v) is 11.2. The minimum Gasteiger partial charge on any atom is -0.494 e. The van der Waals surface area contributed by atoms with Crippen LogP contribution in [0.4, 0.5) is 5.69 Å². The summed E-state index contributed by atoms with van der Waals surface area (Å²) in [5.41, 5.74) is 0.563. The molecular formula is C15H16N2O3. The Kier molecular flexibility index (Phi) is 4.55. The van der Waals surface area contributed by atoms with Crippen molar-refractivity contribution >= 4 is 11.6 Å². The van der Waals surface area contributed by atoms with Gasteiger partial charge in [0.25, 0.3) is 5.91 Å². The molecule has 1 amide bonds. The van der Waals surface area contributed by atoms with Crippen molar-refractivity contribution in [3.05, 3.63) is 58.5 Å². The van der Waals surface area contributed by atoms with E-state index >= 15 is 0 Å². The van der Waals surface area contributed by atoms with Crippen molar-refractivity contribution in [1.29, 1.82) is 0 Å². The van der Waals surface area contributed by atoms with Crippen LogP contribution in [0.1, 0.15) is 23.8 Å². The molecule has 104 valence electrons. The van der Waals surface area contributed by atoms with Crippen LogP contribution in [0.2, 0.25) is 0 Å². The van der Waals surface area contributed by atoms with Gasteiger partial charge in [0, 0.05) is 11.8 Å². The Morgan fingerprint density at radius 2 is 1.95 bits per heavy atom. The van der Waals surface area contributed by atoms with Gasteiger partial charge in [-0.2, -0.15) is 0 Å². The number of carbonyl (C=O) groups is 1. The van der Waals surface area contributed by atoms with Gasteiger partial charge in [-0.3, -0.25) is 9.59 Å². The number of benzene rings is 1. The minimum absolute atomic E-state index is 0.226. The van der Waals surface area contributed by atoms with Gasteiger partial charge < -0.3 is 15.0 Å². The average molecular weight is 272 g/mol. The zero-order chi connectivity index (χ0) is 14.4. The number of pyridine rings is 1. The standard InChI is InChI=1S/C15H16N2O3/c1-2-10-20-12-8-6-11(7-9-12)16-15(19)13-4-3-5-14(18)17-13/h3-9H,2,10H2,1H3,(H,16,19)(H,17,18). The van der Waals surface area contributed by atoms with E-state index in [4.69, 9.17) is 4.74 Å². The molecule has 0 aliphatic heterocycles. The first-order valence-electron chi connectivity index (χ1n) is 6.42. The highest BCUT2D eigenvalue weighted by Crippen LogP contribution is 2.16. The van der Waals surface area contributed by atoms with Gasteiger partial charge in [0.05, 0.1) is 6.61 Å². The van der Waals surface area contributed by atoms with E-state index in [1.807, 2.05) is 6.92 Å². The average Bonchev–Trinajstić information content (AvgIpc) is 2.46. The first kappa shape index (κ1) is 13.9. The lowest BCUT2D eigenvalue weighted by atomic mass is 10.2. The van der Waals surface area contributed by atoms with Crippen molar-refractivity contribution in [1.82, 2.24) is 4.98 Å². The summed E-state index contributed by atoms with van der Waals surface area (Å²) in [7, 11) is 0. The normalized spacial score (nSPS) is 10.1. The number of hydrogen-bond donors (Lipinski definition) is 2. The van der Waals surface area contributed by atoms with Gasteiger partial charge in [-0.25, -0.2) is 0 Å². The number of amides is 1. The van der Waals surface area contributed by atoms with Crippen LogP contribution < -0.4 is 15.6 Å². The molecule has 0 bridgehead atoms. The number of rotatable bonds is 5. The number of carbonyl (C=O) groups excluding carboxylic acids is 1. The van der Waals surface area contributed by atoms with E-state index in [0.29, 0.717) is 12.3 Å². The Bertz CT molecular complexity index is 632. The number of anilines is 1. The molecule has 0 atom stereocenters. The summed E-state index contributed by atoms with van der Waals surface area (Å²) in [4.78, 5) is 25.5. The molecule has 0 radical (unpaired) electrons. The third-order valence-corrected chi connectivity index (χ3v) is 2.60. The third kappa shape index (κ3) is 3.71. The zero-order valence-electron chi connectivity index (χ0n) is 11.2. The van der Waals surface area contributed by atoms with Crippen molar-refractivity contribution in [3.63, 3.8) is 0 Å². The van der Waals surface area contributed by atoms with Crippen LogP contribution in [0, 0.1) is 0 Å². The maximum absolute atomic E-state index is 11.9. The van der Waals surface area contributed by atoms with Crippen molar-refractivity contribution in [3.8, 4) is 5.75 Å². The van der Waals surface area contributed by atoms with Crippen LogP contribution in [0.15, 0.2) is 47.3 Å². The van der Waals surface area contributed by atoms with E-state index in [9.17, 15) is 9.59 Å². The highest BCUT2D eigenvalue weighted by atomic mass is 16.5. The Labute approximate surface area is 116 Å². The number of H-pyrrole nitrogens is 1. The predicted octanol–water partition coefficient (Wildman–Crippen LogP) is 2.42. The quantitative estimate of drug-likeness (QED) is 0.878. The van der Waals surface area contributed by atoms with E-state index in [1.54, 1.807) is 30.3 Å². The first-order valence-corrected chi connectivity index (χ1v) is 6.42. The smallest absolute Gasteiger partial charge is 0.272 e. The molecule has 20 heavy (non-hydrogen) atoms. The van der Waals surface area contributed by atoms with Gasteiger partial charge in [-0.1, -0.05) is 13.0 Å². The molecule has 5 nitrogen and oxygen atoms in total. The fourth-order valence-corrected chi connectivity index (χ4v) is 1.63. The lowest BCUT2D eigenvalue weighted by molar-refractivity contribution is 0.102. The van der Waals surface area contributed by atoms with Gasteiger partial charge in [-0.05, 0) is 36.8 Å². The van der Waals surface area contributed by atoms with Crippen molar-refractivity contribution in [2.75, 3.05) is 11.9 Å². The van der Waals surface area contributed by atoms with E-state index in [-0.39, 0.29) is 17.2 Å².